The number of aromatic nitrogens is 2. The topological polar surface area (TPSA) is 82.5 Å². The highest BCUT2D eigenvalue weighted by Crippen LogP contribution is 2.33. The number of likely N-dealkylation sites (tertiary alicyclic amines) is 1. The summed E-state index contributed by atoms with van der Waals surface area (Å²) < 4.78 is 0. The molecule has 1 aromatic carbocycles. The summed E-state index contributed by atoms with van der Waals surface area (Å²) in [6.45, 7) is 2.49. The summed E-state index contributed by atoms with van der Waals surface area (Å²) in [5.41, 5.74) is 3.09. The van der Waals surface area contributed by atoms with Gasteiger partial charge in [0.25, 0.3) is 5.91 Å². The van der Waals surface area contributed by atoms with Crippen molar-refractivity contribution in [3.8, 4) is 11.4 Å². The minimum atomic E-state index is -0.0254. The van der Waals surface area contributed by atoms with Crippen LogP contribution in [0.5, 0.6) is 0 Å². The van der Waals surface area contributed by atoms with Crippen molar-refractivity contribution >= 4 is 28.3 Å². The second-order valence-electron chi connectivity index (χ2n) is 7.65. The molecule has 31 heavy (non-hydrogen) atoms. The number of pyridine rings is 1. The molecule has 158 valence electrons. The molecule has 2 N–H and O–H groups in total. The lowest BCUT2D eigenvalue weighted by Gasteiger charge is -2.25. The van der Waals surface area contributed by atoms with Gasteiger partial charge in [-0.2, -0.15) is 0 Å². The molecule has 2 aliphatic heterocycles. The molecule has 0 saturated carbocycles. The number of hydrogen-bond donors (Lipinski definition) is 2. The maximum Gasteiger partial charge on any atom is 0.272 e. The Labute approximate surface area is 185 Å². The van der Waals surface area contributed by atoms with Gasteiger partial charge in [-0.3, -0.25) is 9.79 Å². The number of aliphatic imine (C=N–C) groups is 1. The Hall–Kier alpha value is -3.26. The number of guanidine groups is 1. The van der Waals surface area contributed by atoms with Crippen LogP contribution in [0, 0.1) is 0 Å². The van der Waals surface area contributed by atoms with Gasteiger partial charge in [0.1, 0.15) is 11.4 Å². The van der Waals surface area contributed by atoms with Crippen molar-refractivity contribution in [3.63, 3.8) is 0 Å². The standard InChI is InChI=1S/C23H24N6OS/c30-21(29-14-5-11-20(29)16-7-2-1-3-8-16)18-10-4-9-17(26-18)19-15-31-23(27-19)28-22-24-12-6-13-25-22/h1-4,7-10,15,20H,5-6,11-14H2,(H2,24,25,27,28). The number of nitrogens with zero attached hydrogens (tertiary/aromatic N) is 4. The van der Waals surface area contributed by atoms with Crippen LogP contribution < -0.4 is 10.6 Å². The lowest BCUT2D eigenvalue weighted by atomic mass is 10.0. The van der Waals surface area contributed by atoms with Gasteiger partial charge < -0.3 is 15.5 Å². The normalized spacial score (nSPS) is 18.4. The van der Waals surface area contributed by atoms with Gasteiger partial charge in [0.15, 0.2) is 11.1 Å². The zero-order valence-electron chi connectivity index (χ0n) is 17.1. The third kappa shape index (κ3) is 4.29. The largest absolute Gasteiger partial charge is 0.356 e. The van der Waals surface area contributed by atoms with E-state index in [1.165, 1.54) is 16.9 Å². The number of thiazole rings is 1. The Morgan fingerprint density at radius 1 is 1.06 bits per heavy atom. The van der Waals surface area contributed by atoms with Crippen LogP contribution in [0.15, 0.2) is 58.9 Å². The fourth-order valence-corrected chi connectivity index (χ4v) is 4.74. The maximum atomic E-state index is 13.3. The quantitative estimate of drug-likeness (QED) is 0.652. The van der Waals surface area contributed by atoms with Crippen molar-refractivity contribution in [2.75, 3.05) is 25.0 Å². The number of anilines is 1. The number of benzene rings is 1. The third-order valence-electron chi connectivity index (χ3n) is 5.56. The van der Waals surface area contributed by atoms with Crippen LogP contribution in [0.4, 0.5) is 5.13 Å². The van der Waals surface area contributed by atoms with Crippen molar-refractivity contribution in [1.29, 1.82) is 0 Å². The van der Waals surface area contributed by atoms with Gasteiger partial charge in [0.2, 0.25) is 0 Å². The van der Waals surface area contributed by atoms with Crippen molar-refractivity contribution in [3.05, 3.63) is 65.2 Å². The number of nitrogens with one attached hydrogen (secondary N) is 2. The molecule has 5 rings (SSSR count). The monoisotopic (exact) mass is 432 g/mol. The van der Waals surface area contributed by atoms with Crippen LogP contribution in [0.2, 0.25) is 0 Å². The van der Waals surface area contributed by atoms with Gasteiger partial charge >= 0.3 is 0 Å². The van der Waals surface area contributed by atoms with E-state index >= 15 is 0 Å². The van der Waals surface area contributed by atoms with Crippen molar-refractivity contribution in [2.45, 2.75) is 25.3 Å². The fourth-order valence-electron chi connectivity index (χ4n) is 4.04. The molecule has 1 saturated heterocycles. The summed E-state index contributed by atoms with van der Waals surface area (Å²) in [5, 5.41) is 9.15. The Kier molecular flexibility index (Phi) is 5.62. The van der Waals surface area contributed by atoms with Crippen LogP contribution in [0.1, 0.15) is 41.4 Å². The van der Waals surface area contributed by atoms with E-state index in [1.807, 2.05) is 40.6 Å². The second-order valence-corrected chi connectivity index (χ2v) is 8.51. The molecule has 1 unspecified atom stereocenters. The van der Waals surface area contributed by atoms with E-state index in [0.29, 0.717) is 11.4 Å². The zero-order valence-corrected chi connectivity index (χ0v) is 17.9. The first kappa shape index (κ1) is 19.7. The lowest BCUT2D eigenvalue weighted by Crippen LogP contribution is -2.35. The molecule has 0 aliphatic carbocycles. The molecule has 8 heteroatoms. The van der Waals surface area contributed by atoms with E-state index in [-0.39, 0.29) is 11.9 Å². The van der Waals surface area contributed by atoms with Crippen molar-refractivity contribution in [1.82, 2.24) is 20.2 Å². The van der Waals surface area contributed by atoms with Crippen LogP contribution in [0.3, 0.4) is 0 Å². The van der Waals surface area contributed by atoms with Crippen molar-refractivity contribution < 1.29 is 4.79 Å². The van der Waals surface area contributed by atoms with Crippen molar-refractivity contribution in [2.24, 2.45) is 4.99 Å². The fraction of sp³-hybridized carbons (Fsp3) is 0.304. The van der Waals surface area contributed by atoms with E-state index in [2.05, 4.69) is 37.7 Å². The highest BCUT2D eigenvalue weighted by Gasteiger charge is 2.31. The van der Waals surface area contributed by atoms with Crippen LogP contribution in [-0.2, 0) is 0 Å². The van der Waals surface area contributed by atoms with Gasteiger partial charge in [-0.25, -0.2) is 9.97 Å². The predicted molar refractivity (Wildman–Crippen MR) is 123 cm³/mol. The molecule has 7 nitrogen and oxygen atoms in total. The number of hydrogen-bond acceptors (Lipinski definition) is 7. The first-order chi connectivity index (χ1) is 15.3. The summed E-state index contributed by atoms with van der Waals surface area (Å²) in [5.74, 6) is 0.729. The molecule has 2 aromatic heterocycles. The Morgan fingerprint density at radius 3 is 2.81 bits per heavy atom. The minimum Gasteiger partial charge on any atom is -0.356 e. The first-order valence-corrected chi connectivity index (χ1v) is 11.5. The Bertz CT molecular complexity index is 1100. The number of amides is 1. The summed E-state index contributed by atoms with van der Waals surface area (Å²) >= 11 is 1.50. The van der Waals surface area contributed by atoms with E-state index < -0.39 is 0 Å². The highest BCUT2D eigenvalue weighted by molar-refractivity contribution is 7.14. The average Bonchev–Trinajstić information content (AvgIpc) is 3.50. The molecular weight excluding hydrogens is 408 g/mol. The van der Waals surface area contributed by atoms with E-state index in [1.54, 1.807) is 6.07 Å². The van der Waals surface area contributed by atoms with Gasteiger partial charge in [0, 0.05) is 25.0 Å². The molecule has 2 aliphatic rings. The molecule has 0 radical (unpaired) electrons. The van der Waals surface area contributed by atoms with E-state index in [9.17, 15) is 4.79 Å². The van der Waals surface area contributed by atoms with Crippen LogP contribution >= 0.6 is 11.3 Å². The van der Waals surface area contributed by atoms with Gasteiger partial charge in [-0.1, -0.05) is 36.4 Å². The number of carbonyl (C=O) groups excluding carboxylic acids is 1. The number of rotatable bonds is 4. The Morgan fingerprint density at radius 2 is 1.97 bits per heavy atom. The van der Waals surface area contributed by atoms with Gasteiger partial charge in [-0.15, -0.1) is 11.3 Å². The summed E-state index contributed by atoms with van der Waals surface area (Å²) in [7, 11) is 0. The highest BCUT2D eigenvalue weighted by atomic mass is 32.1. The zero-order chi connectivity index (χ0) is 21.0. The van der Waals surface area contributed by atoms with E-state index in [0.717, 1.165) is 55.7 Å². The summed E-state index contributed by atoms with van der Waals surface area (Å²) in [4.78, 5) is 28.9. The SMILES string of the molecule is O=C(c1cccc(-c2csc(NC3=NCCCN3)n2)n1)N1CCCC1c1ccccc1. The minimum absolute atomic E-state index is 0.0254. The summed E-state index contributed by atoms with van der Waals surface area (Å²) in [6, 6.07) is 15.9. The molecule has 1 atom stereocenters. The summed E-state index contributed by atoms with van der Waals surface area (Å²) in [6.07, 6.45) is 3.03. The Balaban J connectivity index is 1.34. The second kappa shape index (κ2) is 8.85. The molecular formula is C23H24N6OS. The first-order valence-electron chi connectivity index (χ1n) is 10.6. The molecule has 1 fully saturated rings. The molecule has 3 aromatic rings. The molecule has 4 heterocycles. The average molecular weight is 433 g/mol. The molecule has 0 spiro atoms. The lowest BCUT2D eigenvalue weighted by molar-refractivity contribution is 0.0730. The smallest absolute Gasteiger partial charge is 0.272 e. The van der Waals surface area contributed by atoms with Gasteiger partial charge in [0.05, 0.1) is 11.7 Å². The predicted octanol–water partition coefficient (Wildman–Crippen LogP) is 3.94. The maximum absolute atomic E-state index is 13.3. The third-order valence-corrected chi connectivity index (χ3v) is 6.31. The molecule has 1 amide bonds. The molecule has 0 bridgehead atoms. The van der Waals surface area contributed by atoms with E-state index in [4.69, 9.17) is 0 Å². The number of carbonyl (C=O) groups is 1. The van der Waals surface area contributed by atoms with Gasteiger partial charge in [-0.05, 0) is 37.0 Å². The van der Waals surface area contributed by atoms with Crippen LogP contribution in [-0.4, -0.2) is 46.4 Å². The van der Waals surface area contributed by atoms with Crippen LogP contribution in [0.25, 0.3) is 11.4 Å².